The Balaban J connectivity index is 2.09. The molecule has 2 N–H and O–H groups in total. The molecule has 0 heterocycles. The summed E-state index contributed by atoms with van der Waals surface area (Å²) in [6.07, 6.45) is 0. The smallest absolute Gasteiger partial charge is 0.308 e. The van der Waals surface area contributed by atoms with Gasteiger partial charge in [-0.1, -0.05) is 18.2 Å². The van der Waals surface area contributed by atoms with Gasteiger partial charge in [0.05, 0.1) is 11.1 Å². The Kier molecular flexibility index (Phi) is 3.96. The number of para-hydroxylation sites is 1. The third kappa shape index (κ3) is 3.12. The fraction of sp³-hybridized carbons (Fsp3) is 0. The first-order chi connectivity index (χ1) is 9.72. The lowest BCUT2D eigenvalue weighted by molar-refractivity contribution is 0.262. The summed E-state index contributed by atoms with van der Waals surface area (Å²) in [6.45, 7) is 0. The van der Waals surface area contributed by atoms with Gasteiger partial charge >= 0.3 is 6.03 Å². The predicted octanol–water partition coefficient (Wildman–Crippen LogP) is 3.07. The highest BCUT2D eigenvalue weighted by molar-refractivity contribution is 5.99. The van der Waals surface area contributed by atoms with Crippen LogP contribution in [0.15, 0.2) is 48.5 Å². The number of hydrogen-bond donors (Lipinski definition) is 2. The van der Waals surface area contributed by atoms with Crippen molar-refractivity contribution < 1.29 is 4.79 Å². The fourth-order valence-electron chi connectivity index (χ4n) is 1.63. The molecule has 0 bridgehead atoms. The Bertz CT molecular complexity index is 711. The van der Waals surface area contributed by atoms with E-state index in [-0.39, 0.29) is 11.1 Å². The van der Waals surface area contributed by atoms with E-state index in [1.165, 1.54) is 12.1 Å². The van der Waals surface area contributed by atoms with Crippen molar-refractivity contribution in [2.24, 2.45) is 0 Å². The maximum Gasteiger partial charge on any atom is 0.323 e. The van der Waals surface area contributed by atoms with E-state index in [1.807, 2.05) is 30.3 Å². The number of nitriles is 2. The van der Waals surface area contributed by atoms with Gasteiger partial charge in [-0.2, -0.15) is 10.5 Å². The molecular formula is C15H10N4O. The zero-order chi connectivity index (χ0) is 14.4. The van der Waals surface area contributed by atoms with Crippen LogP contribution in [0.4, 0.5) is 16.2 Å². The number of anilines is 2. The van der Waals surface area contributed by atoms with E-state index in [0.29, 0.717) is 11.4 Å². The van der Waals surface area contributed by atoms with E-state index in [2.05, 4.69) is 10.6 Å². The van der Waals surface area contributed by atoms with Crippen LogP contribution in [-0.4, -0.2) is 6.03 Å². The van der Waals surface area contributed by atoms with Crippen LogP contribution >= 0.6 is 0 Å². The SMILES string of the molecule is N#Cc1ccc(NC(=O)Nc2ccccc2)cc1C#N. The summed E-state index contributed by atoms with van der Waals surface area (Å²) < 4.78 is 0. The van der Waals surface area contributed by atoms with Crippen LogP contribution in [0, 0.1) is 22.7 Å². The number of nitrogens with zero attached hydrogens (tertiary/aromatic N) is 2. The lowest BCUT2D eigenvalue weighted by Crippen LogP contribution is -2.19. The largest absolute Gasteiger partial charge is 0.323 e. The third-order valence-electron chi connectivity index (χ3n) is 2.55. The van der Waals surface area contributed by atoms with Crippen LogP contribution in [0.25, 0.3) is 0 Å². The first-order valence-corrected chi connectivity index (χ1v) is 5.80. The lowest BCUT2D eigenvalue weighted by Gasteiger charge is -2.08. The molecule has 0 unspecified atom stereocenters. The number of carbonyl (C=O) groups excluding carboxylic acids is 1. The van der Waals surface area contributed by atoms with Crippen LogP contribution in [0.3, 0.4) is 0 Å². The second-order valence-corrected chi connectivity index (χ2v) is 3.93. The molecule has 2 aromatic rings. The van der Waals surface area contributed by atoms with Gasteiger partial charge in [0.1, 0.15) is 12.1 Å². The summed E-state index contributed by atoms with van der Waals surface area (Å²) in [4.78, 5) is 11.8. The number of carbonyl (C=O) groups is 1. The van der Waals surface area contributed by atoms with Crippen molar-refractivity contribution in [3.8, 4) is 12.1 Å². The van der Waals surface area contributed by atoms with Crippen molar-refractivity contribution in [3.63, 3.8) is 0 Å². The number of amides is 2. The molecular weight excluding hydrogens is 252 g/mol. The molecule has 0 atom stereocenters. The van der Waals surface area contributed by atoms with E-state index in [1.54, 1.807) is 18.2 Å². The summed E-state index contributed by atoms with van der Waals surface area (Å²) >= 11 is 0. The van der Waals surface area contributed by atoms with Crippen molar-refractivity contribution >= 4 is 17.4 Å². The van der Waals surface area contributed by atoms with Gasteiger partial charge in [0.2, 0.25) is 0 Å². The second-order valence-electron chi connectivity index (χ2n) is 3.93. The summed E-state index contributed by atoms with van der Waals surface area (Å²) in [5, 5.41) is 23.0. The molecule has 96 valence electrons. The first kappa shape index (κ1) is 13.1. The monoisotopic (exact) mass is 262 g/mol. The average Bonchev–Trinajstić information content (AvgIpc) is 2.48. The van der Waals surface area contributed by atoms with Crippen molar-refractivity contribution in [2.45, 2.75) is 0 Å². The van der Waals surface area contributed by atoms with E-state index >= 15 is 0 Å². The molecule has 5 nitrogen and oxygen atoms in total. The van der Waals surface area contributed by atoms with Crippen molar-refractivity contribution in [2.75, 3.05) is 10.6 Å². The van der Waals surface area contributed by atoms with Crippen LogP contribution in [0.2, 0.25) is 0 Å². The van der Waals surface area contributed by atoms with Crippen LogP contribution in [0.1, 0.15) is 11.1 Å². The van der Waals surface area contributed by atoms with Crippen molar-refractivity contribution in [3.05, 3.63) is 59.7 Å². The van der Waals surface area contributed by atoms with Gasteiger partial charge in [0.25, 0.3) is 0 Å². The molecule has 0 radical (unpaired) electrons. The fourth-order valence-corrected chi connectivity index (χ4v) is 1.63. The summed E-state index contributed by atoms with van der Waals surface area (Å²) in [5.41, 5.74) is 1.62. The van der Waals surface area contributed by atoms with Crippen molar-refractivity contribution in [1.82, 2.24) is 0 Å². The molecule has 0 saturated carbocycles. The van der Waals surface area contributed by atoms with Gasteiger partial charge in [0, 0.05) is 11.4 Å². The maximum absolute atomic E-state index is 11.8. The minimum atomic E-state index is -0.412. The van der Waals surface area contributed by atoms with Gasteiger partial charge in [-0.05, 0) is 30.3 Å². The minimum Gasteiger partial charge on any atom is -0.308 e. The highest BCUT2D eigenvalue weighted by atomic mass is 16.2. The molecule has 2 amide bonds. The number of nitrogens with one attached hydrogen (secondary N) is 2. The molecule has 0 fully saturated rings. The van der Waals surface area contributed by atoms with E-state index in [4.69, 9.17) is 10.5 Å². The van der Waals surface area contributed by atoms with Gasteiger partial charge in [-0.3, -0.25) is 0 Å². The molecule has 20 heavy (non-hydrogen) atoms. The second kappa shape index (κ2) is 6.03. The van der Waals surface area contributed by atoms with Crippen LogP contribution in [-0.2, 0) is 0 Å². The molecule has 0 aliphatic heterocycles. The minimum absolute atomic E-state index is 0.227. The van der Waals surface area contributed by atoms with Gasteiger partial charge < -0.3 is 10.6 Å². The Morgan fingerprint density at radius 1 is 0.850 bits per heavy atom. The molecule has 2 rings (SSSR count). The van der Waals surface area contributed by atoms with Crippen LogP contribution < -0.4 is 10.6 Å². The molecule has 0 aliphatic rings. The molecule has 5 heteroatoms. The molecule has 2 aromatic carbocycles. The standard InChI is InChI=1S/C15H10N4O/c16-9-11-6-7-14(8-12(11)10-17)19-15(20)18-13-4-2-1-3-5-13/h1-8H,(H2,18,19,20). The van der Waals surface area contributed by atoms with Crippen molar-refractivity contribution in [1.29, 1.82) is 10.5 Å². The average molecular weight is 262 g/mol. The molecule has 0 aromatic heterocycles. The number of urea groups is 1. The summed E-state index contributed by atoms with van der Waals surface area (Å²) in [7, 11) is 0. The Morgan fingerprint density at radius 3 is 2.15 bits per heavy atom. The normalized spacial score (nSPS) is 9.10. The maximum atomic E-state index is 11.8. The Morgan fingerprint density at radius 2 is 1.50 bits per heavy atom. The molecule has 0 aliphatic carbocycles. The van der Waals surface area contributed by atoms with E-state index < -0.39 is 6.03 Å². The van der Waals surface area contributed by atoms with Gasteiger partial charge in [-0.25, -0.2) is 4.79 Å². The van der Waals surface area contributed by atoms with E-state index in [0.717, 1.165) is 0 Å². The number of rotatable bonds is 2. The lowest BCUT2D eigenvalue weighted by atomic mass is 10.1. The van der Waals surface area contributed by atoms with Gasteiger partial charge in [0.15, 0.2) is 0 Å². The Labute approximate surface area is 116 Å². The van der Waals surface area contributed by atoms with Gasteiger partial charge in [-0.15, -0.1) is 0 Å². The first-order valence-electron chi connectivity index (χ1n) is 5.80. The topological polar surface area (TPSA) is 88.7 Å². The van der Waals surface area contributed by atoms with Crippen LogP contribution in [0.5, 0.6) is 0 Å². The zero-order valence-corrected chi connectivity index (χ0v) is 10.4. The number of hydrogen-bond acceptors (Lipinski definition) is 3. The Hall–Kier alpha value is -3.31. The quantitative estimate of drug-likeness (QED) is 0.871. The molecule has 0 spiro atoms. The predicted molar refractivity (Wildman–Crippen MR) is 75.0 cm³/mol. The summed E-state index contributed by atoms with van der Waals surface area (Å²) in [6, 6.07) is 16.9. The highest BCUT2D eigenvalue weighted by Gasteiger charge is 2.06. The number of benzene rings is 2. The highest BCUT2D eigenvalue weighted by Crippen LogP contribution is 2.15. The van der Waals surface area contributed by atoms with E-state index in [9.17, 15) is 4.79 Å². The molecule has 0 saturated heterocycles. The third-order valence-corrected chi connectivity index (χ3v) is 2.55. The zero-order valence-electron chi connectivity index (χ0n) is 10.4. The summed E-state index contributed by atoms with van der Waals surface area (Å²) in [5.74, 6) is 0.